The summed E-state index contributed by atoms with van der Waals surface area (Å²) in [6, 6.07) is 5.38. The fraction of sp³-hybridized carbons (Fsp3) is 0.273. The molecular formula is C11H12N4O2. The first kappa shape index (κ1) is 11.3. The van der Waals surface area contributed by atoms with Crippen molar-refractivity contribution < 1.29 is 9.47 Å². The normalized spacial score (nSPS) is 10.1. The van der Waals surface area contributed by atoms with Gasteiger partial charge in [0.15, 0.2) is 5.82 Å². The van der Waals surface area contributed by atoms with Gasteiger partial charge in [-0.3, -0.25) is 0 Å². The van der Waals surface area contributed by atoms with Crippen LogP contribution in [0.1, 0.15) is 5.82 Å². The summed E-state index contributed by atoms with van der Waals surface area (Å²) in [5, 5.41) is 15.7. The first-order valence-corrected chi connectivity index (χ1v) is 5.00. The van der Waals surface area contributed by atoms with Crippen LogP contribution in [-0.4, -0.2) is 34.6 Å². The van der Waals surface area contributed by atoms with Crippen molar-refractivity contribution in [1.29, 1.82) is 0 Å². The highest BCUT2D eigenvalue weighted by atomic mass is 16.5. The molecule has 0 atom stereocenters. The van der Waals surface area contributed by atoms with Gasteiger partial charge in [0, 0.05) is 11.6 Å². The summed E-state index contributed by atoms with van der Waals surface area (Å²) >= 11 is 0. The Bertz CT molecular complexity index is 491. The average Bonchev–Trinajstić information content (AvgIpc) is 2.39. The maximum Gasteiger partial charge on any atom is 0.203 e. The SMILES string of the molecule is COc1cc(OC)cc(-c2nnc(C)nn2)c1. The molecule has 0 aliphatic rings. The monoisotopic (exact) mass is 232 g/mol. The number of aryl methyl sites for hydroxylation is 1. The lowest BCUT2D eigenvalue weighted by atomic mass is 10.2. The van der Waals surface area contributed by atoms with Crippen LogP contribution in [0.2, 0.25) is 0 Å². The fourth-order valence-electron chi connectivity index (χ4n) is 1.33. The zero-order valence-electron chi connectivity index (χ0n) is 9.84. The fourth-order valence-corrected chi connectivity index (χ4v) is 1.33. The Kier molecular flexibility index (Phi) is 3.13. The van der Waals surface area contributed by atoms with E-state index in [4.69, 9.17) is 9.47 Å². The number of ether oxygens (including phenoxy) is 2. The molecule has 1 heterocycles. The predicted octanol–water partition coefficient (Wildman–Crippen LogP) is 1.26. The first-order chi connectivity index (χ1) is 8.22. The highest BCUT2D eigenvalue weighted by molar-refractivity contribution is 5.60. The van der Waals surface area contributed by atoms with E-state index in [1.165, 1.54) is 0 Å². The van der Waals surface area contributed by atoms with Crippen LogP contribution >= 0.6 is 0 Å². The molecule has 0 amide bonds. The zero-order chi connectivity index (χ0) is 12.3. The predicted molar refractivity (Wildman–Crippen MR) is 60.9 cm³/mol. The van der Waals surface area contributed by atoms with Gasteiger partial charge in [0.25, 0.3) is 0 Å². The van der Waals surface area contributed by atoms with E-state index in [0.29, 0.717) is 23.1 Å². The first-order valence-electron chi connectivity index (χ1n) is 5.00. The van der Waals surface area contributed by atoms with Gasteiger partial charge in [-0.05, 0) is 19.1 Å². The molecule has 0 bridgehead atoms. The van der Waals surface area contributed by atoms with Gasteiger partial charge in [0.05, 0.1) is 14.2 Å². The second kappa shape index (κ2) is 4.73. The van der Waals surface area contributed by atoms with Crippen LogP contribution in [0.15, 0.2) is 18.2 Å². The maximum absolute atomic E-state index is 5.17. The van der Waals surface area contributed by atoms with E-state index in [2.05, 4.69) is 20.4 Å². The van der Waals surface area contributed by atoms with Crippen LogP contribution in [0.25, 0.3) is 11.4 Å². The summed E-state index contributed by atoms with van der Waals surface area (Å²) in [5.74, 6) is 2.31. The average molecular weight is 232 g/mol. The molecule has 6 nitrogen and oxygen atoms in total. The van der Waals surface area contributed by atoms with Crippen LogP contribution in [0, 0.1) is 6.92 Å². The van der Waals surface area contributed by atoms with E-state index in [1.807, 2.05) is 0 Å². The minimum absolute atomic E-state index is 0.438. The van der Waals surface area contributed by atoms with Crippen LogP contribution in [0.3, 0.4) is 0 Å². The standard InChI is InChI=1S/C11H12N4O2/c1-7-12-14-11(15-13-7)8-4-9(16-2)6-10(5-8)17-3/h4-6H,1-3H3. The molecule has 0 aliphatic carbocycles. The summed E-state index contributed by atoms with van der Waals surface area (Å²) in [6.07, 6.45) is 0. The summed E-state index contributed by atoms with van der Waals surface area (Å²) in [7, 11) is 3.18. The molecule has 0 saturated carbocycles. The van der Waals surface area contributed by atoms with E-state index in [1.54, 1.807) is 39.3 Å². The van der Waals surface area contributed by atoms with Gasteiger partial charge >= 0.3 is 0 Å². The molecule has 2 aromatic rings. The lowest BCUT2D eigenvalue weighted by Gasteiger charge is -2.06. The zero-order valence-corrected chi connectivity index (χ0v) is 9.84. The quantitative estimate of drug-likeness (QED) is 0.793. The molecule has 0 radical (unpaired) electrons. The third kappa shape index (κ3) is 2.47. The molecule has 0 unspecified atom stereocenters. The Balaban J connectivity index is 2.46. The van der Waals surface area contributed by atoms with Gasteiger partial charge < -0.3 is 9.47 Å². The molecule has 17 heavy (non-hydrogen) atoms. The van der Waals surface area contributed by atoms with Gasteiger partial charge in [-0.2, -0.15) is 0 Å². The molecule has 0 saturated heterocycles. The number of hydrogen-bond donors (Lipinski definition) is 0. The van der Waals surface area contributed by atoms with Crippen molar-refractivity contribution in [3.05, 3.63) is 24.0 Å². The summed E-state index contributed by atoms with van der Waals surface area (Å²) in [6.45, 7) is 1.73. The number of rotatable bonds is 3. The smallest absolute Gasteiger partial charge is 0.203 e. The highest BCUT2D eigenvalue weighted by Crippen LogP contribution is 2.27. The number of benzene rings is 1. The Morgan fingerprint density at radius 3 is 1.82 bits per heavy atom. The number of methoxy groups -OCH3 is 2. The van der Waals surface area contributed by atoms with Crippen molar-refractivity contribution >= 4 is 0 Å². The van der Waals surface area contributed by atoms with Gasteiger partial charge in [-0.1, -0.05) is 0 Å². The second-order valence-corrected chi connectivity index (χ2v) is 3.37. The van der Waals surface area contributed by atoms with E-state index >= 15 is 0 Å². The number of hydrogen-bond acceptors (Lipinski definition) is 6. The van der Waals surface area contributed by atoms with Crippen LogP contribution in [0.4, 0.5) is 0 Å². The molecule has 0 aliphatic heterocycles. The van der Waals surface area contributed by atoms with Crippen molar-refractivity contribution in [3.8, 4) is 22.9 Å². The van der Waals surface area contributed by atoms with E-state index in [0.717, 1.165) is 5.56 Å². The lowest BCUT2D eigenvalue weighted by molar-refractivity contribution is 0.394. The Labute approximate surface area is 98.6 Å². The molecule has 88 valence electrons. The van der Waals surface area contributed by atoms with E-state index in [9.17, 15) is 0 Å². The van der Waals surface area contributed by atoms with Gasteiger partial charge in [0.1, 0.15) is 11.5 Å². The van der Waals surface area contributed by atoms with Crippen molar-refractivity contribution in [3.63, 3.8) is 0 Å². The lowest BCUT2D eigenvalue weighted by Crippen LogP contribution is -1.99. The Hall–Kier alpha value is -2.24. The molecule has 0 spiro atoms. The molecule has 6 heteroatoms. The number of aromatic nitrogens is 4. The molecule has 0 N–H and O–H groups in total. The topological polar surface area (TPSA) is 70.0 Å². The second-order valence-electron chi connectivity index (χ2n) is 3.37. The third-order valence-electron chi connectivity index (χ3n) is 2.19. The highest BCUT2D eigenvalue weighted by Gasteiger charge is 2.07. The Morgan fingerprint density at radius 1 is 0.824 bits per heavy atom. The van der Waals surface area contributed by atoms with Gasteiger partial charge in [-0.15, -0.1) is 20.4 Å². The number of nitrogens with zero attached hydrogens (tertiary/aromatic N) is 4. The molecule has 1 aromatic heterocycles. The van der Waals surface area contributed by atoms with Crippen molar-refractivity contribution in [2.75, 3.05) is 14.2 Å². The van der Waals surface area contributed by atoms with Crippen molar-refractivity contribution in [2.24, 2.45) is 0 Å². The van der Waals surface area contributed by atoms with Crippen molar-refractivity contribution in [1.82, 2.24) is 20.4 Å². The summed E-state index contributed by atoms with van der Waals surface area (Å²) < 4.78 is 10.3. The summed E-state index contributed by atoms with van der Waals surface area (Å²) in [5.41, 5.74) is 0.751. The van der Waals surface area contributed by atoms with Gasteiger partial charge in [-0.25, -0.2) is 0 Å². The van der Waals surface area contributed by atoms with Gasteiger partial charge in [0.2, 0.25) is 5.82 Å². The minimum atomic E-state index is 0.438. The van der Waals surface area contributed by atoms with Crippen LogP contribution < -0.4 is 9.47 Å². The van der Waals surface area contributed by atoms with E-state index in [-0.39, 0.29) is 0 Å². The maximum atomic E-state index is 5.17. The van der Waals surface area contributed by atoms with Crippen LogP contribution in [0.5, 0.6) is 11.5 Å². The van der Waals surface area contributed by atoms with Crippen LogP contribution in [-0.2, 0) is 0 Å². The molecule has 2 rings (SSSR count). The minimum Gasteiger partial charge on any atom is -0.497 e. The molecule has 0 fully saturated rings. The molecular weight excluding hydrogens is 220 g/mol. The summed E-state index contributed by atoms with van der Waals surface area (Å²) in [4.78, 5) is 0. The Morgan fingerprint density at radius 2 is 1.35 bits per heavy atom. The molecule has 1 aromatic carbocycles. The van der Waals surface area contributed by atoms with Crippen molar-refractivity contribution in [2.45, 2.75) is 6.92 Å². The largest absolute Gasteiger partial charge is 0.497 e. The third-order valence-corrected chi connectivity index (χ3v) is 2.19. The van der Waals surface area contributed by atoms with E-state index < -0.39 is 0 Å².